The van der Waals surface area contributed by atoms with E-state index in [0.717, 1.165) is 14.2 Å². The summed E-state index contributed by atoms with van der Waals surface area (Å²) in [6.45, 7) is -0.265. The molecule has 5 nitrogen and oxygen atoms in total. The molecule has 0 aliphatic rings. The average Bonchev–Trinajstić information content (AvgIpc) is 2.03. The van der Waals surface area contributed by atoms with Crippen LogP contribution < -0.4 is 0 Å². The van der Waals surface area contributed by atoms with Crippen LogP contribution in [0.2, 0.25) is 0 Å². The zero-order chi connectivity index (χ0) is 8.91. The zero-order valence-corrected chi connectivity index (χ0v) is 7.59. The Balaban J connectivity index is 4.26. The summed E-state index contributed by atoms with van der Waals surface area (Å²) in [5, 5.41) is 0. The molecule has 6 heteroatoms. The largest absolute Gasteiger partial charge is 0.398 e. The van der Waals surface area contributed by atoms with Crippen LogP contribution in [0.25, 0.3) is 0 Å². The smallest absolute Gasteiger partial charge is 0.376 e. The van der Waals surface area contributed by atoms with E-state index in [-0.39, 0.29) is 6.61 Å². The molecule has 0 aromatic carbocycles. The van der Waals surface area contributed by atoms with Crippen molar-refractivity contribution < 1.29 is 23.1 Å². The van der Waals surface area contributed by atoms with Gasteiger partial charge >= 0.3 is 7.60 Å². The van der Waals surface area contributed by atoms with Gasteiger partial charge < -0.3 is 13.8 Å². The van der Waals surface area contributed by atoms with Crippen LogP contribution in [0.5, 0.6) is 0 Å². The van der Waals surface area contributed by atoms with Crippen molar-refractivity contribution >= 4 is 13.1 Å². The van der Waals surface area contributed by atoms with Gasteiger partial charge in [0.2, 0.25) is 0 Å². The standard InChI is InChI=1S/C5H11O5P/c1-8-4-5(6)11(7,9-2)10-3/h4H2,1-3H3. The molecule has 0 N–H and O–H groups in total. The Morgan fingerprint density at radius 2 is 1.73 bits per heavy atom. The summed E-state index contributed by atoms with van der Waals surface area (Å²) in [5.41, 5.74) is -0.676. The highest BCUT2D eigenvalue weighted by Gasteiger charge is 2.31. The summed E-state index contributed by atoms with van der Waals surface area (Å²) in [6.07, 6.45) is 0. The van der Waals surface area contributed by atoms with Crippen LogP contribution in [0.3, 0.4) is 0 Å². The lowest BCUT2D eigenvalue weighted by atomic mass is 10.8. The van der Waals surface area contributed by atoms with E-state index >= 15 is 0 Å². The molecule has 0 aromatic heterocycles. The molecule has 11 heavy (non-hydrogen) atoms. The first-order valence-electron chi connectivity index (χ1n) is 2.84. The van der Waals surface area contributed by atoms with Gasteiger partial charge in [0.1, 0.15) is 6.61 Å². The highest BCUT2D eigenvalue weighted by atomic mass is 31.2. The van der Waals surface area contributed by atoms with Crippen LogP contribution in [0.4, 0.5) is 0 Å². The van der Waals surface area contributed by atoms with Crippen LogP contribution in [-0.4, -0.2) is 33.5 Å². The van der Waals surface area contributed by atoms with E-state index in [1.807, 2.05) is 0 Å². The molecule has 0 aromatic rings. The topological polar surface area (TPSA) is 61.8 Å². The molecule has 0 atom stereocenters. The maximum absolute atomic E-state index is 11.2. The van der Waals surface area contributed by atoms with E-state index in [2.05, 4.69) is 13.8 Å². The summed E-state index contributed by atoms with van der Waals surface area (Å²) in [4.78, 5) is 10.9. The third-order valence-corrected chi connectivity index (χ3v) is 2.76. The number of hydrogen-bond donors (Lipinski definition) is 0. The van der Waals surface area contributed by atoms with Crippen molar-refractivity contribution in [3.05, 3.63) is 0 Å². The van der Waals surface area contributed by atoms with E-state index in [1.165, 1.54) is 7.11 Å². The molecular weight excluding hydrogens is 171 g/mol. The number of methoxy groups -OCH3 is 1. The number of hydrogen-bond acceptors (Lipinski definition) is 5. The minimum Gasteiger partial charge on any atom is -0.376 e. The normalized spacial score (nSPS) is 11.5. The zero-order valence-electron chi connectivity index (χ0n) is 6.70. The minimum atomic E-state index is -3.55. The molecule has 0 fully saturated rings. The second-order valence-electron chi connectivity index (χ2n) is 1.69. The van der Waals surface area contributed by atoms with Gasteiger partial charge in [-0.2, -0.15) is 0 Å². The van der Waals surface area contributed by atoms with Crippen molar-refractivity contribution in [2.75, 3.05) is 27.9 Å². The van der Waals surface area contributed by atoms with Gasteiger partial charge in [0.15, 0.2) is 0 Å². The molecule has 0 aliphatic heterocycles. The van der Waals surface area contributed by atoms with Gasteiger partial charge in [0, 0.05) is 21.3 Å². The molecule has 0 radical (unpaired) electrons. The maximum atomic E-state index is 11.2. The van der Waals surface area contributed by atoms with Crippen molar-refractivity contribution in [2.24, 2.45) is 0 Å². The van der Waals surface area contributed by atoms with E-state index in [4.69, 9.17) is 0 Å². The van der Waals surface area contributed by atoms with E-state index in [9.17, 15) is 9.36 Å². The monoisotopic (exact) mass is 182 g/mol. The lowest BCUT2D eigenvalue weighted by Gasteiger charge is -2.10. The highest BCUT2D eigenvalue weighted by molar-refractivity contribution is 7.71. The summed E-state index contributed by atoms with van der Waals surface area (Å²) in [6, 6.07) is 0. The van der Waals surface area contributed by atoms with Gasteiger partial charge in [-0.25, -0.2) is 0 Å². The fourth-order valence-electron chi connectivity index (χ4n) is 0.481. The summed E-state index contributed by atoms with van der Waals surface area (Å²) >= 11 is 0. The quantitative estimate of drug-likeness (QED) is 0.584. The molecule has 0 saturated carbocycles. The van der Waals surface area contributed by atoms with Crippen LogP contribution in [0.1, 0.15) is 0 Å². The Bertz CT molecular complexity index is 170. The molecule has 0 bridgehead atoms. The third kappa shape index (κ3) is 2.71. The van der Waals surface area contributed by atoms with Gasteiger partial charge in [-0.1, -0.05) is 0 Å². The van der Waals surface area contributed by atoms with Crippen molar-refractivity contribution in [2.45, 2.75) is 0 Å². The molecule has 0 unspecified atom stereocenters. The van der Waals surface area contributed by atoms with Crippen LogP contribution in [0.15, 0.2) is 0 Å². The fourth-order valence-corrected chi connectivity index (χ4v) is 1.32. The predicted molar refractivity (Wildman–Crippen MR) is 38.5 cm³/mol. The van der Waals surface area contributed by atoms with E-state index in [1.54, 1.807) is 0 Å². The highest BCUT2D eigenvalue weighted by Crippen LogP contribution is 2.46. The summed E-state index contributed by atoms with van der Waals surface area (Å²) in [7, 11) is 0.0756. The third-order valence-electron chi connectivity index (χ3n) is 1.05. The Morgan fingerprint density at radius 3 is 2.00 bits per heavy atom. The molecule has 0 saturated heterocycles. The summed E-state index contributed by atoms with van der Waals surface area (Å²) < 4.78 is 24.4. The van der Waals surface area contributed by atoms with Crippen LogP contribution in [0, 0.1) is 0 Å². The Kier molecular flexibility index (Phi) is 4.52. The number of carbonyl (C=O) groups excluding carboxylic acids is 1. The predicted octanol–water partition coefficient (Wildman–Crippen LogP) is 0.645. The Hall–Kier alpha value is -0.220. The first-order valence-corrected chi connectivity index (χ1v) is 4.39. The average molecular weight is 182 g/mol. The van der Waals surface area contributed by atoms with Gasteiger partial charge in [-0.15, -0.1) is 0 Å². The van der Waals surface area contributed by atoms with Crippen molar-refractivity contribution in [1.29, 1.82) is 0 Å². The second kappa shape index (κ2) is 4.62. The van der Waals surface area contributed by atoms with Gasteiger partial charge in [-0.05, 0) is 0 Å². The second-order valence-corrected chi connectivity index (χ2v) is 3.91. The van der Waals surface area contributed by atoms with Crippen molar-refractivity contribution in [3.63, 3.8) is 0 Å². The molecule has 66 valence electrons. The summed E-state index contributed by atoms with van der Waals surface area (Å²) in [5.74, 6) is 0. The minimum absolute atomic E-state index is 0.265. The first-order chi connectivity index (χ1) is 5.10. The molecule has 0 spiro atoms. The fraction of sp³-hybridized carbons (Fsp3) is 0.800. The van der Waals surface area contributed by atoms with Crippen molar-refractivity contribution in [3.8, 4) is 0 Å². The number of rotatable bonds is 5. The van der Waals surface area contributed by atoms with E-state index < -0.39 is 13.1 Å². The lowest BCUT2D eigenvalue weighted by molar-refractivity contribution is -0.117. The van der Waals surface area contributed by atoms with Crippen LogP contribution in [-0.2, 0) is 23.1 Å². The number of carbonyl (C=O) groups is 1. The molecular formula is C5H11O5P. The van der Waals surface area contributed by atoms with Crippen molar-refractivity contribution in [1.82, 2.24) is 0 Å². The molecule has 0 heterocycles. The lowest BCUT2D eigenvalue weighted by Crippen LogP contribution is -2.09. The first kappa shape index (κ1) is 10.8. The maximum Gasteiger partial charge on any atom is 0.398 e. The number of ether oxygens (including phenoxy) is 1. The molecule has 0 amide bonds. The van der Waals surface area contributed by atoms with Gasteiger partial charge in [-0.3, -0.25) is 9.36 Å². The molecule has 0 rings (SSSR count). The SMILES string of the molecule is COCC(=O)P(=O)(OC)OC. The Labute approximate surface area is 65.2 Å². The van der Waals surface area contributed by atoms with Crippen LogP contribution >= 0.6 is 7.60 Å². The van der Waals surface area contributed by atoms with Gasteiger partial charge in [0.05, 0.1) is 0 Å². The van der Waals surface area contributed by atoms with E-state index in [0.29, 0.717) is 0 Å². The Morgan fingerprint density at radius 1 is 1.27 bits per heavy atom. The van der Waals surface area contributed by atoms with Gasteiger partial charge in [0.25, 0.3) is 5.52 Å². The molecule has 0 aliphatic carbocycles.